The molecular weight excluding hydrogens is 306 g/mol. The lowest BCUT2D eigenvalue weighted by Crippen LogP contribution is -2.26. The van der Waals surface area contributed by atoms with E-state index < -0.39 is 5.91 Å². The normalized spacial score (nSPS) is 16.6. The summed E-state index contributed by atoms with van der Waals surface area (Å²) in [6.07, 6.45) is 2.18. The lowest BCUT2D eigenvalue weighted by molar-refractivity contribution is -0.119. The monoisotopic (exact) mass is 327 g/mol. The van der Waals surface area contributed by atoms with Gasteiger partial charge in [-0.15, -0.1) is 12.4 Å². The third kappa shape index (κ3) is 5.91. The highest BCUT2D eigenvalue weighted by atomic mass is 35.5. The van der Waals surface area contributed by atoms with Crippen LogP contribution in [0.15, 0.2) is 24.3 Å². The maximum absolute atomic E-state index is 12.0. The topological polar surface area (TPSA) is 93.5 Å². The van der Waals surface area contributed by atoms with Crippen LogP contribution in [0.1, 0.15) is 23.2 Å². The minimum Gasteiger partial charge on any atom is -0.484 e. The van der Waals surface area contributed by atoms with Crippen LogP contribution in [0.3, 0.4) is 0 Å². The van der Waals surface area contributed by atoms with Crippen LogP contribution < -0.4 is 21.1 Å². The molecule has 1 aromatic carbocycles. The van der Waals surface area contributed by atoms with E-state index in [1.54, 1.807) is 24.3 Å². The maximum Gasteiger partial charge on any atom is 0.255 e. The third-order valence-corrected chi connectivity index (χ3v) is 3.50. The number of carbonyl (C=O) groups is 2. The van der Waals surface area contributed by atoms with Crippen molar-refractivity contribution in [2.24, 2.45) is 11.7 Å². The lowest BCUT2D eigenvalue weighted by Gasteiger charge is -2.10. The number of benzene rings is 1. The molecule has 0 spiro atoms. The Kier molecular flexibility index (Phi) is 7.70. The highest BCUT2D eigenvalue weighted by molar-refractivity contribution is 5.94. The van der Waals surface area contributed by atoms with Crippen molar-refractivity contribution in [3.8, 4) is 5.75 Å². The fraction of sp³-hybridized carbons (Fsp3) is 0.467. The Morgan fingerprint density at radius 3 is 2.64 bits per heavy atom. The number of nitrogens with one attached hydrogen (secondary N) is 2. The number of amides is 2. The molecule has 0 saturated carbocycles. The van der Waals surface area contributed by atoms with Gasteiger partial charge in [-0.2, -0.15) is 0 Å². The van der Waals surface area contributed by atoms with Crippen molar-refractivity contribution in [3.63, 3.8) is 0 Å². The van der Waals surface area contributed by atoms with Crippen LogP contribution in [0.4, 0.5) is 0 Å². The second kappa shape index (κ2) is 9.27. The molecule has 0 bridgehead atoms. The predicted octanol–water partition coefficient (Wildman–Crippen LogP) is 0.702. The van der Waals surface area contributed by atoms with E-state index in [2.05, 4.69) is 10.6 Å². The average molecular weight is 328 g/mol. The molecule has 6 nitrogen and oxygen atoms in total. The van der Waals surface area contributed by atoms with Crippen LogP contribution in [0, 0.1) is 5.92 Å². The molecule has 1 aromatic rings. The maximum atomic E-state index is 12.0. The zero-order valence-electron chi connectivity index (χ0n) is 12.3. The summed E-state index contributed by atoms with van der Waals surface area (Å²) in [5.41, 5.74) is 5.57. The van der Waals surface area contributed by atoms with Crippen LogP contribution in [-0.4, -0.2) is 38.1 Å². The highest BCUT2D eigenvalue weighted by Gasteiger charge is 2.14. The molecule has 1 aliphatic rings. The van der Waals surface area contributed by atoms with Crippen LogP contribution in [0.2, 0.25) is 0 Å². The zero-order valence-corrected chi connectivity index (χ0v) is 13.2. The van der Waals surface area contributed by atoms with Crippen molar-refractivity contribution in [2.75, 3.05) is 26.2 Å². The number of ether oxygens (including phenoxy) is 1. The minimum absolute atomic E-state index is 0. The standard InChI is InChI=1S/C15H21N3O3.ClH/c16-14(19)10-21-13-3-1-12(2-4-13)15(20)18-8-6-11-5-7-17-9-11;/h1-4,11,17H,5-10H2,(H2,16,19)(H,18,20);1H. The lowest BCUT2D eigenvalue weighted by atomic mass is 10.1. The van der Waals surface area contributed by atoms with E-state index in [1.165, 1.54) is 6.42 Å². The first-order chi connectivity index (χ1) is 10.1. The van der Waals surface area contributed by atoms with E-state index in [4.69, 9.17) is 10.5 Å². The first-order valence-corrected chi connectivity index (χ1v) is 7.15. The molecule has 2 amide bonds. The smallest absolute Gasteiger partial charge is 0.255 e. The second-order valence-electron chi connectivity index (χ2n) is 5.18. The number of primary amides is 1. The highest BCUT2D eigenvalue weighted by Crippen LogP contribution is 2.13. The van der Waals surface area contributed by atoms with Crippen molar-refractivity contribution in [3.05, 3.63) is 29.8 Å². The van der Waals surface area contributed by atoms with Crippen molar-refractivity contribution in [1.29, 1.82) is 0 Å². The van der Waals surface area contributed by atoms with Crippen LogP contribution >= 0.6 is 12.4 Å². The number of nitrogens with two attached hydrogens (primary N) is 1. The molecule has 1 heterocycles. The van der Waals surface area contributed by atoms with Gasteiger partial charge in [-0.1, -0.05) is 0 Å². The van der Waals surface area contributed by atoms with Crippen LogP contribution in [0.25, 0.3) is 0 Å². The molecule has 2 rings (SSSR count). The Hall–Kier alpha value is -1.79. The minimum atomic E-state index is -0.529. The number of rotatable bonds is 7. The summed E-state index contributed by atoms with van der Waals surface area (Å²) in [6, 6.07) is 6.64. The fourth-order valence-electron chi connectivity index (χ4n) is 2.31. The van der Waals surface area contributed by atoms with Gasteiger partial charge < -0.3 is 21.1 Å². The summed E-state index contributed by atoms with van der Waals surface area (Å²) in [6.45, 7) is 2.64. The summed E-state index contributed by atoms with van der Waals surface area (Å²) in [7, 11) is 0. The first-order valence-electron chi connectivity index (χ1n) is 7.15. The van der Waals surface area contributed by atoms with Gasteiger partial charge >= 0.3 is 0 Å². The number of halogens is 1. The summed E-state index contributed by atoms with van der Waals surface area (Å²) in [5.74, 6) is 0.554. The molecule has 22 heavy (non-hydrogen) atoms. The van der Waals surface area contributed by atoms with Gasteiger partial charge in [0.2, 0.25) is 0 Å². The second-order valence-corrected chi connectivity index (χ2v) is 5.18. The van der Waals surface area contributed by atoms with Gasteiger partial charge in [-0.05, 0) is 56.1 Å². The van der Waals surface area contributed by atoms with Gasteiger partial charge in [-0.25, -0.2) is 0 Å². The Balaban J connectivity index is 0.00000242. The Morgan fingerprint density at radius 1 is 1.32 bits per heavy atom. The van der Waals surface area contributed by atoms with E-state index in [0.717, 1.165) is 19.5 Å². The molecule has 1 unspecified atom stereocenters. The van der Waals surface area contributed by atoms with E-state index in [0.29, 0.717) is 23.8 Å². The molecule has 4 N–H and O–H groups in total. The number of carbonyl (C=O) groups excluding carboxylic acids is 2. The Morgan fingerprint density at radius 2 is 2.05 bits per heavy atom. The van der Waals surface area contributed by atoms with E-state index >= 15 is 0 Å². The third-order valence-electron chi connectivity index (χ3n) is 3.50. The average Bonchev–Trinajstić information content (AvgIpc) is 2.99. The Bertz CT molecular complexity index is 487. The van der Waals surface area contributed by atoms with Crippen LogP contribution in [0.5, 0.6) is 5.75 Å². The summed E-state index contributed by atoms with van der Waals surface area (Å²) in [4.78, 5) is 22.6. The molecular formula is C15H22ClN3O3. The molecule has 0 radical (unpaired) electrons. The number of hydrogen-bond acceptors (Lipinski definition) is 4. The van der Waals surface area contributed by atoms with E-state index in [1.807, 2.05) is 0 Å². The molecule has 0 aliphatic carbocycles. The van der Waals surface area contributed by atoms with Crippen LogP contribution in [-0.2, 0) is 4.79 Å². The van der Waals surface area contributed by atoms with Crippen molar-refractivity contribution < 1.29 is 14.3 Å². The first kappa shape index (κ1) is 18.3. The van der Waals surface area contributed by atoms with Gasteiger partial charge in [0.25, 0.3) is 11.8 Å². The predicted molar refractivity (Wildman–Crippen MR) is 86.3 cm³/mol. The Labute approximate surface area is 136 Å². The van der Waals surface area contributed by atoms with Gasteiger partial charge in [0.05, 0.1) is 0 Å². The molecule has 0 aromatic heterocycles. The summed E-state index contributed by atoms with van der Waals surface area (Å²) >= 11 is 0. The van der Waals surface area contributed by atoms with E-state index in [-0.39, 0.29) is 24.9 Å². The van der Waals surface area contributed by atoms with Crippen molar-refractivity contribution in [1.82, 2.24) is 10.6 Å². The van der Waals surface area contributed by atoms with Gasteiger partial charge in [-0.3, -0.25) is 9.59 Å². The van der Waals surface area contributed by atoms with Crippen molar-refractivity contribution >= 4 is 24.2 Å². The summed E-state index contributed by atoms with van der Waals surface area (Å²) < 4.78 is 5.14. The fourth-order valence-corrected chi connectivity index (χ4v) is 2.31. The molecule has 1 fully saturated rings. The molecule has 7 heteroatoms. The molecule has 1 saturated heterocycles. The van der Waals surface area contributed by atoms with Gasteiger partial charge in [0.1, 0.15) is 5.75 Å². The SMILES string of the molecule is Cl.NC(=O)COc1ccc(C(=O)NCCC2CCNC2)cc1. The van der Waals surface area contributed by atoms with Crippen molar-refractivity contribution in [2.45, 2.75) is 12.8 Å². The molecule has 1 atom stereocenters. The zero-order chi connectivity index (χ0) is 15.1. The number of hydrogen-bond donors (Lipinski definition) is 3. The van der Waals surface area contributed by atoms with E-state index in [9.17, 15) is 9.59 Å². The summed E-state index contributed by atoms with van der Waals surface area (Å²) in [5, 5.41) is 6.22. The quantitative estimate of drug-likeness (QED) is 0.687. The van der Waals surface area contributed by atoms with Gasteiger partial charge in [0.15, 0.2) is 6.61 Å². The molecule has 1 aliphatic heterocycles. The largest absolute Gasteiger partial charge is 0.484 e. The molecule has 122 valence electrons. The van der Waals surface area contributed by atoms with Gasteiger partial charge in [0, 0.05) is 12.1 Å².